The molecule has 23 heavy (non-hydrogen) atoms. The number of carbonyl (C=O) groups excluding carboxylic acids is 1. The molecular formula is C18H33N3O2. The van der Waals surface area contributed by atoms with Crippen molar-refractivity contribution in [3.05, 3.63) is 0 Å². The van der Waals surface area contributed by atoms with Crippen molar-refractivity contribution in [3.63, 3.8) is 0 Å². The van der Waals surface area contributed by atoms with E-state index in [0.717, 1.165) is 65.3 Å². The minimum absolute atomic E-state index is 0.317. The van der Waals surface area contributed by atoms with Crippen LogP contribution in [0.15, 0.2) is 0 Å². The van der Waals surface area contributed by atoms with Gasteiger partial charge in [0.2, 0.25) is 5.91 Å². The van der Waals surface area contributed by atoms with Gasteiger partial charge in [-0.05, 0) is 51.1 Å². The number of nitrogens with one attached hydrogen (secondary N) is 1. The van der Waals surface area contributed by atoms with E-state index in [9.17, 15) is 4.79 Å². The molecule has 5 heteroatoms. The number of amides is 1. The second-order valence-corrected chi connectivity index (χ2v) is 7.45. The van der Waals surface area contributed by atoms with Gasteiger partial charge in [-0.15, -0.1) is 0 Å². The lowest BCUT2D eigenvalue weighted by molar-refractivity contribution is -0.136. The van der Waals surface area contributed by atoms with Crippen molar-refractivity contribution in [2.24, 2.45) is 11.3 Å². The minimum atomic E-state index is 0.317. The first-order valence-corrected chi connectivity index (χ1v) is 9.51. The van der Waals surface area contributed by atoms with Crippen LogP contribution in [0.4, 0.5) is 0 Å². The molecule has 0 radical (unpaired) electrons. The van der Waals surface area contributed by atoms with E-state index in [-0.39, 0.29) is 0 Å². The summed E-state index contributed by atoms with van der Waals surface area (Å²) < 4.78 is 5.50. The van der Waals surface area contributed by atoms with Crippen LogP contribution in [-0.4, -0.2) is 74.2 Å². The van der Waals surface area contributed by atoms with Gasteiger partial charge in [0.25, 0.3) is 0 Å². The van der Waals surface area contributed by atoms with Gasteiger partial charge in [0.15, 0.2) is 0 Å². The van der Waals surface area contributed by atoms with E-state index in [1.54, 1.807) is 0 Å². The SMILES string of the molecule is CCOCCN1CCN(C(=O)C2CC23CCNCC3)CC1CC. The van der Waals surface area contributed by atoms with Crippen molar-refractivity contribution in [2.75, 3.05) is 52.5 Å². The molecule has 1 aliphatic carbocycles. The molecule has 0 aromatic carbocycles. The maximum absolute atomic E-state index is 12.9. The van der Waals surface area contributed by atoms with E-state index >= 15 is 0 Å². The van der Waals surface area contributed by atoms with Crippen molar-refractivity contribution < 1.29 is 9.53 Å². The zero-order valence-electron chi connectivity index (χ0n) is 14.9. The molecule has 2 atom stereocenters. The van der Waals surface area contributed by atoms with Crippen LogP contribution >= 0.6 is 0 Å². The average Bonchev–Trinajstić information content (AvgIpc) is 3.28. The normalized spacial score (nSPS) is 30.6. The smallest absolute Gasteiger partial charge is 0.226 e. The first kappa shape index (κ1) is 17.2. The Morgan fingerprint density at radius 2 is 2.04 bits per heavy atom. The lowest BCUT2D eigenvalue weighted by Crippen LogP contribution is -2.55. The molecule has 3 rings (SSSR count). The van der Waals surface area contributed by atoms with Gasteiger partial charge in [-0.25, -0.2) is 0 Å². The van der Waals surface area contributed by atoms with E-state index in [1.165, 1.54) is 12.8 Å². The van der Waals surface area contributed by atoms with Gasteiger partial charge in [0.05, 0.1) is 6.61 Å². The fourth-order valence-corrected chi connectivity index (χ4v) is 4.50. The Hall–Kier alpha value is -0.650. The molecule has 2 saturated heterocycles. The number of rotatable bonds is 6. The summed E-state index contributed by atoms with van der Waals surface area (Å²) in [6.07, 6.45) is 4.62. The van der Waals surface area contributed by atoms with Crippen LogP contribution in [0, 0.1) is 11.3 Å². The maximum atomic E-state index is 12.9. The van der Waals surface area contributed by atoms with Crippen LogP contribution in [0.2, 0.25) is 0 Å². The zero-order chi connectivity index (χ0) is 16.3. The Morgan fingerprint density at radius 1 is 1.26 bits per heavy atom. The number of nitrogens with zero attached hydrogens (tertiary/aromatic N) is 2. The van der Waals surface area contributed by atoms with Gasteiger partial charge in [-0.1, -0.05) is 6.92 Å². The molecule has 2 aliphatic heterocycles. The summed E-state index contributed by atoms with van der Waals surface area (Å²) in [5.74, 6) is 0.756. The van der Waals surface area contributed by atoms with Crippen LogP contribution in [-0.2, 0) is 9.53 Å². The van der Waals surface area contributed by atoms with Gasteiger partial charge in [0.1, 0.15) is 0 Å². The molecule has 0 aromatic heterocycles. The van der Waals surface area contributed by atoms with Crippen LogP contribution in [0.5, 0.6) is 0 Å². The number of piperidine rings is 1. The number of piperazine rings is 1. The summed E-state index contributed by atoms with van der Waals surface area (Å²) in [5, 5.41) is 3.42. The minimum Gasteiger partial charge on any atom is -0.380 e. The third-order valence-electron chi connectivity index (χ3n) is 6.20. The molecule has 1 saturated carbocycles. The molecule has 0 aromatic rings. The highest BCUT2D eigenvalue weighted by molar-refractivity contribution is 5.83. The lowest BCUT2D eigenvalue weighted by Gasteiger charge is -2.41. The maximum Gasteiger partial charge on any atom is 0.226 e. The Labute approximate surface area is 140 Å². The monoisotopic (exact) mass is 323 g/mol. The molecule has 2 unspecified atom stereocenters. The highest BCUT2D eigenvalue weighted by Gasteiger charge is 2.58. The van der Waals surface area contributed by atoms with E-state index in [4.69, 9.17) is 4.74 Å². The van der Waals surface area contributed by atoms with Crippen LogP contribution in [0.3, 0.4) is 0 Å². The van der Waals surface area contributed by atoms with E-state index in [0.29, 0.717) is 23.3 Å². The molecule has 5 nitrogen and oxygen atoms in total. The third-order valence-corrected chi connectivity index (χ3v) is 6.20. The van der Waals surface area contributed by atoms with Gasteiger partial charge in [-0.3, -0.25) is 9.69 Å². The Kier molecular flexibility index (Phi) is 5.60. The second-order valence-electron chi connectivity index (χ2n) is 7.45. The topological polar surface area (TPSA) is 44.8 Å². The molecular weight excluding hydrogens is 290 g/mol. The number of hydrogen-bond acceptors (Lipinski definition) is 4. The number of hydrogen-bond donors (Lipinski definition) is 1. The highest BCUT2D eigenvalue weighted by atomic mass is 16.5. The van der Waals surface area contributed by atoms with Gasteiger partial charge < -0.3 is 15.0 Å². The summed E-state index contributed by atoms with van der Waals surface area (Å²) in [5.41, 5.74) is 0.357. The van der Waals surface area contributed by atoms with Crippen LogP contribution < -0.4 is 5.32 Å². The van der Waals surface area contributed by atoms with Crippen molar-refractivity contribution in [1.82, 2.24) is 15.1 Å². The summed E-state index contributed by atoms with van der Waals surface area (Å²) >= 11 is 0. The summed E-state index contributed by atoms with van der Waals surface area (Å²) in [4.78, 5) is 17.6. The summed E-state index contributed by atoms with van der Waals surface area (Å²) in [6.45, 7) is 11.8. The Bertz CT molecular complexity index is 409. The molecule has 1 spiro atoms. The van der Waals surface area contributed by atoms with E-state index < -0.39 is 0 Å². The second kappa shape index (κ2) is 7.49. The fourth-order valence-electron chi connectivity index (χ4n) is 4.50. The highest BCUT2D eigenvalue weighted by Crippen LogP contribution is 2.59. The van der Waals surface area contributed by atoms with E-state index in [2.05, 4.69) is 22.0 Å². The molecule has 132 valence electrons. The quantitative estimate of drug-likeness (QED) is 0.749. The lowest BCUT2D eigenvalue weighted by atomic mass is 9.91. The van der Waals surface area contributed by atoms with E-state index in [1.807, 2.05) is 6.92 Å². The van der Waals surface area contributed by atoms with Crippen molar-refractivity contribution in [1.29, 1.82) is 0 Å². The van der Waals surface area contributed by atoms with Crippen LogP contribution in [0.1, 0.15) is 39.5 Å². The standard InChI is InChI=1S/C18H33N3O2/c1-3-15-14-21(10-9-20(15)11-12-23-4-2)17(22)16-13-18(16)5-7-19-8-6-18/h15-16,19H,3-14H2,1-2H3. The predicted octanol–water partition coefficient (Wildman–Crippen LogP) is 1.34. The molecule has 1 amide bonds. The van der Waals surface area contributed by atoms with Crippen molar-refractivity contribution in [2.45, 2.75) is 45.6 Å². The molecule has 0 bridgehead atoms. The van der Waals surface area contributed by atoms with Crippen LogP contribution in [0.25, 0.3) is 0 Å². The average molecular weight is 323 g/mol. The third kappa shape index (κ3) is 3.72. The van der Waals surface area contributed by atoms with Gasteiger partial charge in [0, 0.05) is 44.7 Å². The molecule has 3 aliphatic rings. The Morgan fingerprint density at radius 3 is 2.74 bits per heavy atom. The largest absolute Gasteiger partial charge is 0.380 e. The molecule has 2 heterocycles. The van der Waals surface area contributed by atoms with Gasteiger partial charge in [-0.2, -0.15) is 0 Å². The first-order chi connectivity index (χ1) is 11.2. The summed E-state index contributed by atoms with van der Waals surface area (Å²) in [7, 11) is 0. The van der Waals surface area contributed by atoms with Crippen molar-refractivity contribution in [3.8, 4) is 0 Å². The molecule has 3 fully saturated rings. The fraction of sp³-hybridized carbons (Fsp3) is 0.944. The van der Waals surface area contributed by atoms with Gasteiger partial charge >= 0.3 is 0 Å². The molecule has 1 N–H and O–H groups in total. The Balaban J connectivity index is 1.51. The van der Waals surface area contributed by atoms with Crippen molar-refractivity contribution >= 4 is 5.91 Å². The summed E-state index contributed by atoms with van der Waals surface area (Å²) in [6, 6.07) is 0.496. The predicted molar refractivity (Wildman–Crippen MR) is 91.4 cm³/mol. The number of carbonyl (C=O) groups is 1. The zero-order valence-corrected chi connectivity index (χ0v) is 14.9. The first-order valence-electron chi connectivity index (χ1n) is 9.51. The number of ether oxygens (including phenoxy) is 1.